The number of benzene rings is 2. The van der Waals surface area contributed by atoms with Gasteiger partial charge in [0.05, 0.1) is 24.3 Å². The molecule has 2 aromatic carbocycles. The molecule has 0 N–H and O–H groups in total. The van der Waals surface area contributed by atoms with Crippen molar-refractivity contribution in [3.05, 3.63) is 48.0 Å². The van der Waals surface area contributed by atoms with Crippen LogP contribution < -0.4 is 9.64 Å². The first kappa shape index (κ1) is 21.9. The quantitative estimate of drug-likeness (QED) is 0.503. The van der Waals surface area contributed by atoms with Crippen molar-refractivity contribution in [2.45, 2.75) is 12.5 Å². The molecular weight excluding hydrogens is 444 g/mol. The molecule has 3 aromatic rings. The standard InChI is InChI=1S/C20H15F6N3O3/c21-19(22,23)14-11-12(5-6-15(14)29-7-9-30-10-8-29)18-27-17(28-32-18)13-3-1-2-4-16(13)31-20(24,25)26/h1-6,11H,7-10H2. The highest BCUT2D eigenvalue weighted by Crippen LogP contribution is 2.40. The molecule has 0 aliphatic carbocycles. The predicted octanol–water partition coefficient (Wildman–Crippen LogP) is 5.16. The molecule has 1 aromatic heterocycles. The maximum Gasteiger partial charge on any atom is 0.573 e. The van der Waals surface area contributed by atoms with Crippen molar-refractivity contribution in [2.75, 3.05) is 31.2 Å². The Labute approximate surface area is 177 Å². The number of aromatic nitrogens is 2. The van der Waals surface area contributed by atoms with Crippen molar-refractivity contribution in [3.8, 4) is 28.6 Å². The summed E-state index contributed by atoms with van der Waals surface area (Å²) in [5, 5.41) is 3.62. The number of nitrogens with zero attached hydrogens (tertiary/aromatic N) is 3. The van der Waals surface area contributed by atoms with Crippen molar-refractivity contribution in [1.29, 1.82) is 0 Å². The van der Waals surface area contributed by atoms with E-state index in [-0.39, 0.29) is 28.5 Å². The Morgan fingerprint density at radius 3 is 2.34 bits per heavy atom. The van der Waals surface area contributed by atoms with E-state index in [1.165, 1.54) is 30.3 Å². The van der Waals surface area contributed by atoms with Gasteiger partial charge in [0.2, 0.25) is 5.82 Å². The summed E-state index contributed by atoms with van der Waals surface area (Å²) in [7, 11) is 0. The molecule has 0 amide bonds. The Kier molecular flexibility index (Phi) is 5.71. The number of hydrogen-bond donors (Lipinski definition) is 0. The summed E-state index contributed by atoms with van der Waals surface area (Å²) in [5.41, 5.74) is -1.05. The first-order chi connectivity index (χ1) is 15.1. The topological polar surface area (TPSA) is 60.6 Å². The minimum absolute atomic E-state index is 0.00629. The highest BCUT2D eigenvalue weighted by molar-refractivity contribution is 5.68. The molecular formula is C20H15F6N3O3. The minimum atomic E-state index is -4.94. The van der Waals surface area contributed by atoms with Crippen molar-refractivity contribution in [2.24, 2.45) is 0 Å². The third-order valence-electron chi connectivity index (χ3n) is 4.68. The van der Waals surface area contributed by atoms with E-state index in [0.29, 0.717) is 26.3 Å². The fourth-order valence-electron chi connectivity index (χ4n) is 3.29. The van der Waals surface area contributed by atoms with Crippen LogP contribution in [0.2, 0.25) is 0 Å². The van der Waals surface area contributed by atoms with Crippen LogP contribution in [0.5, 0.6) is 5.75 Å². The Balaban J connectivity index is 1.69. The summed E-state index contributed by atoms with van der Waals surface area (Å²) in [5.74, 6) is -1.10. The van der Waals surface area contributed by atoms with E-state index in [4.69, 9.17) is 9.26 Å². The molecule has 6 nitrogen and oxygen atoms in total. The van der Waals surface area contributed by atoms with Gasteiger partial charge in [-0.05, 0) is 30.3 Å². The Morgan fingerprint density at radius 2 is 1.66 bits per heavy atom. The summed E-state index contributed by atoms with van der Waals surface area (Å²) in [6.45, 7) is 1.24. The lowest BCUT2D eigenvalue weighted by Gasteiger charge is -2.31. The first-order valence-corrected chi connectivity index (χ1v) is 9.35. The van der Waals surface area contributed by atoms with E-state index in [2.05, 4.69) is 14.9 Å². The molecule has 1 fully saturated rings. The molecule has 4 rings (SSSR count). The minimum Gasteiger partial charge on any atom is -0.405 e. The van der Waals surface area contributed by atoms with E-state index in [9.17, 15) is 26.3 Å². The average molecular weight is 459 g/mol. The lowest BCUT2D eigenvalue weighted by atomic mass is 10.1. The molecule has 0 unspecified atom stereocenters. The Bertz CT molecular complexity index is 1090. The van der Waals surface area contributed by atoms with Crippen LogP contribution in [-0.4, -0.2) is 42.8 Å². The summed E-state index contributed by atoms with van der Waals surface area (Å²) in [6, 6.07) is 8.67. The number of rotatable bonds is 4. The number of halogens is 6. The van der Waals surface area contributed by atoms with E-state index in [0.717, 1.165) is 12.1 Å². The number of ether oxygens (including phenoxy) is 2. The number of morpholine rings is 1. The second kappa shape index (κ2) is 8.34. The molecule has 1 saturated heterocycles. The van der Waals surface area contributed by atoms with Crippen molar-refractivity contribution >= 4 is 5.69 Å². The fourth-order valence-corrected chi connectivity index (χ4v) is 3.29. The van der Waals surface area contributed by atoms with Gasteiger partial charge in [0, 0.05) is 24.3 Å². The highest BCUT2D eigenvalue weighted by atomic mass is 19.4. The SMILES string of the molecule is FC(F)(F)Oc1ccccc1-c1noc(-c2ccc(N3CCOCC3)c(C(F)(F)F)c2)n1. The number of anilines is 1. The predicted molar refractivity (Wildman–Crippen MR) is 99.9 cm³/mol. The van der Waals surface area contributed by atoms with Crippen LogP contribution in [0.1, 0.15) is 5.56 Å². The van der Waals surface area contributed by atoms with Crippen LogP contribution in [0.3, 0.4) is 0 Å². The summed E-state index contributed by atoms with van der Waals surface area (Å²) in [4.78, 5) is 5.55. The van der Waals surface area contributed by atoms with Gasteiger partial charge < -0.3 is 18.9 Å². The van der Waals surface area contributed by atoms with Gasteiger partial charge in [-0.1, -0.05) is 17.3 Å². The Hall–Kier alpha value is -3.28. The van der Waals surface area contributed by atoms with Crippen LogP contribution in [0.15, 0.2) is 47.0 Å². The molecule has 0 bridgehead atoms. The first-order valence-electron chi connectivity index (χ1n) is 9.35. The Morgan fingerprint density at radius 1 is 0.938 bits per heavy atom. The second-order valence-electron chi connectivity index (χ2n) is 6.80. The van der Waals surface area contributed by atoms with Gasteiger partial charge in [0.15, 0.2) is 0 Å². The van der Waals surface area contributed by atoms with Crippen molar-refractivity contribution in [1.82, 2.24) is 10.1 Å². The maximum atomic E-state index is 13.7. The smallest absolute Gasteiger partial charge is 0.405 e. The van der Waals surface area contributed by atoms with Crippen molar-refractivity contribution < 1.29 is 40.3 Å². The monoisotopic (exact) mass is 459 g/mol. The van der Waals surface area contributed by atoms with E-state index >= 15 is 0 Å². The molecule has 1 aliphatic rings. The lowest BCUT2D eigenvalue weighted by Crippen LogP contribution is -2.37. The zero-order valence-corrected chi connectivity index (χ0v) is 16.2. The van der Waals surface area contributed by atoms with Gasteiger partial charge in [0.25, 0.3) is 5.89 Å². The molecule has 0 spiro atoms. The average Bonchev–Trinajstić information content (AvgIpc) is 3.23. The third-order valence-corrected chi connectivity index (χ3v) is 4.68. The zero-order chi connectivity index (χ0) is 22.9. The number of alkyl halides is 6. The van der Waals surface area contributed by atoms with Crippen LogP contribution in [0.4, 0.5) is 32.0 Å². The highest BCUT2D eigenvalue weighted by Gasteiger charge is 2.36. The van der Waals surface area contributed by atoms with Crippen LogP contribution in [0.25, 0.3) is 22.8 Å². The molecule has 0 radical (unpaired) electrons. The molecule has 32 heavy (non-hydrogen) atoms. The maximum absolute atomic E-state index is 13.7. The van der Waals surface area contributed by atoms with E-state index < -0.39 is 23.9 Å². The van der Waals surface area contributed by atoms with Gasteiger partial charge in [-0.3, -0.25) is 0 Å². The van der Waals surface area contributed by atoms with Gasteiger partial charge >= 0.3 is 12.5 Å². The molecule has 2 heterocycles. The molecule has 1 aliphatic heterocycles. The molecule has 0 atom stereocenters. The van der Waals surface area contributed by atoms with Crippen LogP contribution in [0, 0.1) is 0 Å². The van der Waals surface area contributed by atoms with Crippen molar-refractivity contribution in [3.63, 3.8) is 0 Å². The van der Waals surface area contributed by atoms with E-state index in [1.54, 1.807) is 4.90 Å². The molecule has 12 heteroatoms. The van der Waals surface area contributed by atoms with E-state index in [1.807, 2.05) is 0 Å². The second-order valence-corrected chi connectivity index (χ2v) is 6.80. The van der Waals surface area contributed by atoms with Crippen LogP contribution >= 0.6 is 0 Å². The largest absolute Gasteiger partial charge is 0.573 e. The number of para-hydroxylation sites is 1. The lowest BCUT2D eigenvalue weighted by molar-refractivity contribution is -0.274. The van der Waals surface area contributed by atoms with Gasteiger partial charge in [-0.2, -0.15) is 18.2 Å². The molecule has 170 valence electrons. The zero-order valence-electron chi connectivity index (χ0n) is 16.2. The van der Waals surface area contributed by atoms with Gasteiger partial charge in [0.1, 0.15) is 5.75 Å². The molecule has 0 saturated carbocycles. The summed E-state index contributed by atoms with van der Waals surface area (Å²) >= 11 is 0. The van der Waals surface area contributed by atoms with Gasteiger partial charge in [-0.25, -0.2) is 0 Å². The van der Waals surface area contributed by atoms with Gasteiger partial charge in [-0.15, -0.1) is 13.2 Å². The number of hydrogen-bond acceptors (Lipinski definition) is 6. The fraction of sp³-hybridized carbons (Fsp3) is 0.300. The van der Waals surface area contributed by atoms with Crippen LogP contribution in [-0.2, 0) is 10.9 Å². The summed E-state index contributed by atoms with van der Waals surface area (Å²) < 4.78 is 93.3. The summed E-state index contributed by atoms with van der Waals surface area (Å²) in [6.07, 6.45) is -9.60. The third kappa shape index (κ3) is 4.79. The normalized spacial score (nSPS) is 15.1.